The van der Waals surface area contributed by atoms with Crippen molar-refractivity contribution in [3.8, 4) is 11.8 Å². The van der Waals surface area contributed by atoms with Gasteiger partial charge in [-0.15, -0.1) is 0 Å². The van der Waals surface area contributed by atoms with Gasteiger partial charge in [0.05, 0.1) is 23.3 Å². The van der Waals surface area contributed by atoms with E-state index in [4.69, 9.17) is 4.98 Å². The van der Waals surface area contributed by atoms with E-state index in [0.717, 1.165) is 12.1 Å². The maximum absolute atomic E-state index is 14.8. The van der Waals surface area contributed by atoms with E-state index >= 15 is 0 Å². The Morgan fingerprint density at radius 2 is 2.06 bits per heavy atom. The number of fused-ring (bicyclic) bond motifs is 2. The highest BCUT2D eigenvalue weighted by Crippen LogP contribution is 2.53. The molecular weight excluding hydrogens is 447 g/mol. The average molecular weight is 467 g/mol. The molecule has 0 atom stereocenters. The smallest absolute Gasteiger partial charge is 0.341 e. The quantitative estimate of drug-likeness (QED) is 0.428. The third-order valence-electron chi connectivity index (χ3n) is 6.64. The summed E-state index contributed by atoms with van der Waals surface area (Å²) in [5.41, 5.74) is -0.168. The molecule has 3 heterocycles. The zero-order valence-electron chi connectivity index (χ0n) is 18.4. The molecule has 1 aromatic carbocycles. The maximum atomic E-state index is 14.8. The molecule has 10 heteroatoms. The van der Waals surface area contributed by atoms with Crippen LogP contribution in [0.1, 0.15) is 50.3 Å². The second-order valence-corrected chi connectivity index (χ2v) is 9.45. The van der Waals surface area contributed by atoms with Gasteiger partial charge in [-0.05, 0) is 37.0 Å². The standard InChI is InChI=1S/C24H20F3N5O2/c1-23(2,5-6-28)20-18(13-9-24(27,10-13)22(33)34)19-17(7-12-11-29-31-21(12)30-19)32(20)14-3-4-15(25)16(26)8-14/h3-4,7-8,11,13H,5,9-10H2,1-2H3,(H,33,34)(H,29,30,31)/t13-,24+. The highest BCUT2D eigenvalue weighted by atomic mass is 19.2. The Morgan fingerprint density at radius 3 is 2.71 bits per heavy atom. The van der Waals surface area contributed by atoms with Crippen molar-refractivity contribution in [1.82, 2.24) is 19.7 Å². The predicted molar refractivity (Wildman–Crippen MR) is 117 cm³/mol. The summed E-state index contributed by atoms with van der Waals surface area (Å²) in [6.07, 6.45) is 1.14. The number of carboxylic acid groups (broad SMARTS) is 1. The topological polar surface area (TPSA) is 108 Å². The molecule has 0 spiro atoms. The summed E-state index contributed by atoms with van der Waals surface area (Å²) in [5, 5.41) is 26.3. The zero-order valence-corrected chi connectivity index (χ0v) is 18.4. The second kappa shape index (κ2) is 7.32. The fraction of sp³-hybridized carbons (Fsp3) is 0.333. The molecule has 34 heavy (non-hydrogen) atoms. The minimum Gasteiger partial charge on any atom is -0.479 e. The zero-order chi connectivity index (χ0) is 24.4. The van der Waals surface area contributed by atoms with Crippen molar-refractivity contribution in [3.05, 3.63) is 53.4 Å². The molecule has 0 saturated heterocycles. The minimum absolute atomic E-state index is 0.0752. The lowest BCUT2D eigenvalue weighted by Crippen LogP contribution is -2.46. The van der Waals surface area contributed by atoms with Gasteiger partial charge >= 0.3 is 5.97 Å². The Morgan fingerprint density at radius 1 is 1.32 bits per heavy atom. The van der Waals surface area contributed by atoms with Crippen molar-refractivity contribution in [2.24, 2.45) is 0 Å². The number of aliphatic carboxylic acids is 1. The van der Waals surface area contributed by atoms with Crippen LogP contribution in [0.25, 0.3) is 27.8 Å². The van der Waals surface area contributed by atoms with E-state index in [0.29, 0.717) is 39.0 Å². The predicted octanol–water partition coefficient (Wildman–Crippen LogP) is 5.04. The van der Waals surface area contributed by atoms with Gasteiger partial charge in [0.1, 0.15) is 0 Å². The Labute approximate surface area is 191 Å². The summed E-state index contributed by atoms with van der Waals surface area (Å²) in [4.78, 5) is 16.1. The number of benzene rings is 1. The molecule has 1 saturated carbocycles. The van der Waals surface area contributed by atoms with E-state index in [2.05, 4.69) is 16.3 Å². The minimum atomic E-state index is -2.35. The summed E-state index contributed by atoms with van der Waals surface area (Å²) in [6, 6.07) is 7.44. The number of alkyl halides is 1. The van der Waals surface area contributed by atoms with Crippen LogP contribution in [0.15, 0.2) is 30.5 Å². The van der Waals surface area contributed by atoms with E-state index in [1.165, 1.54) is 6.07 Å². The fourth-order valence-corrected chi connectivity index (χ4v) is 4.92. The number of nitrogens with zero attached hydrogens (tertiary/aromatic N) is 4. The highest BCUT2D eigenvalue weighted by molar-refractivity contribution is 5.94. The summed E-state index contributed by atoms with van der Waals surface area (Å²) in [7, 11) is 0. The summed E-state index contributed by atoms with van der Waals surface area (Å²) in [5.74, 6) is -4.05. The lowest BCUT2D eigenvalue weighted by molar-refractivity contribution is -0.158. The number of nitrogens with one attached hydrogen (secondary N) is 1. The van der Waals surface area contributed by atoms with Gasteiger partial charge in [0.2, 0.25) is 5.67 Å². The molecule has 0 amide bonds. The largest absolute Gasteiger partial charge is 0.479 e. The number of carbonyl (C=O) groups is 1. The second-order valence-electron chi connectivity index (χ2n) is 9.45. The number of aromatic amines is 1. The van der Waals surface area contributed by atoms with Gasteiger partial charge in [0, 0.05) is 40.2 Å². The van der Waals surface area contributed by atoms with Crippen LogP contribution in [0.2, 0.25) is 0 Å². The SMILES string of the molecule is CC(C)(CC#N)c1c([C@H]2C[C@](F)(C(=O)O)C2)c2nc3[nH]ncc3cc2n1-c1ccc(F)c(F)c1. The first-order chi connectivity index (χ1) is 16.1. The van der Waals surface area contributed by atoms with Crippen LogP contribution in [-0.4, -0.2) is 36.5 Å². The van der Waals surface area contributed by atoms with Crippen LogP contribution in [0, 0.1) is 23.0 Å². The molecule has 0 aliphatic heterocycles. The van der Waals surface area contributed by atoms with Gasteiger partial charge in [-0.1, -0.05) is 13.8 Å². The summed E-state index contributed by atoms with van der Waals surface area (Å²) >= 11 is 0. The summed E-state index contributed by atoms with van der Waals surface area (Å²) in [6.45, 7) is 3.66. The van der Waals surface area contributed by atoms with Crippen molar-refractivity contribution in [2.45, 2.75) is 50.1 Å². The highest BCUT2D eigenvalue weighted by Gasteiger charge is 2.54. The molecule has 3 aromatic heterocycles. The molecule has 5 rings (SSSR count). The van der Waals surface area contributed by atoms with Crippen LogP contribution in [0.3, 0.4) is 0 Å². The lowest BCUT2D eigenvalue weighted by atomic mass is 9.67. The molecule has 0 radical (unpaired) electrons. The van der Waals surface area contributed by atoms with Crippen LogP contribution in [0.4, 0.5) is 13.2 Å². The van der Waals surface area contributed by atoms with Crippen molar-refractivity contribution in [3.63, 3.8) is 0 Å². The third kappa shape index (κ3) is 3.15. The third-order valence-corrected chi connectivity index (χ3v) is 6.64. The normalized spacial score (nSPS) is 20.4. The van der Waals surface area contributed by atoms with Crippen LogP contribution >= 0.6 is 0 Å². The van der Waals surface area contributed by atoms with E-state index in [1.54, 1.807) is 16.8 Å². The molecule has 4 aromatic rings. The average Bonchev–Trinajstić information content (AvgIpc) is 3.33. The summed E-state index contributed by atoms with van der Waals surface area (Å²) < 4.78 is 44.5. The van der Waals surface area contributed by atoms with Crippen LogP contribution in [-0.2, 0) is 10.2 Å². The number of halogens is 3. The number of rotatable bonds is 5. The molecule has 1 fully saturated rings. The van der Waals surface area contributed by atoms with E-state index in [1.807, 2.05) is 13.8 Å². The molecule has 0 unspecified atom stereocenters. The number of H-pyrrole nitrogens is 1. The Hall–Kier alpha value is -3.87. The first-order valence-electron chi connectivity index (χ1n) is 10.7. The molecular formula is C24H20F3N5O2. The van der Waals surface area contributed by atoms with Gasteiger partial charge in [-0.25, -0.2) is 22.9 Å². The van der Waals surface area contributed by atoms with E-state index < -0.39 is 34.6 Å². The molecule has 7 nitrogen and oxygen atoms in total. The molecule has 2 N–H and O–H groups in total. The number of pyridine rings is 1. The molecule has 1 aliphatic rings. The fourth-order valence-electron chi connectivity index (χ4n) is 4.92. The Kier molecular flexibility index (Phi) is 4.72. The number of nitriles is 1. The van der Waals surface area contributed by atoms with E-state index in [9.17, 15) is 28.3 Å². The number of aromatic nitrogens is 4. The van der Waals surface area contributed by atoms with Crippen molar-refractivity contribution in [1.29, 1.82) is 5.26 Å². The van der Waals surface area contributed by atoms with Gasteiger partial charge in [0.15, 0.2) is 17.3 Å². The maximum Gasteiger partial charge on any atom is 0.341 e. The number of carboxylic acids is 1. The van der Waals surface area contributed by atoms with Crippen LogP contribution < -0.4 is 0 Å². The molecule has 0 bridgehead atoms. The van der Waals surface area contributed by atoms with Gasteiger partial charge in [-0.2, -0.15) is 10.4 Å². The molecule has 174 valence electrons. The van der Waals surface area contributed by atoms with Crippen molar-refractivity contribution in [2.75, 3.05) is 0 Å². The van der Waals surface area contributed by atoms with E-state index in [-0.39, 0.29) is 19.3 Å². The first-order valence-corrected chi connectivity index (χ1v) is 10.7. The lowest BCUT2D eigenvalue weighted by Gasteiger charge is -2.39. The number of hydrogen-bond donors (Lipinski definition) is 2. The van der Waals surface area contributed by atoms with Crippen molar-refractivity contribution < 1.29 is 23.1 Å². The Bertz CT molecular complexity index is 1510. The Balaban J connectivity index is 1.87. The van der Waals surface area contributed by atoms with Gasteiger partial charge in [0.25, 0.3) is 0 Å². The van der Waals surface area contributed by atoms with Gasteiger partial charge < -0.3 is 9.67 Å². The van der Waals surface area contributed by atoms with Gasteiger partial charge in [-0.3, -0.25) is 5.10 Å². The number of hydrogen-bond acceptors (Lipinski definition) is 4. The van der Waals surface area contributed by atoms with Crippen LogP contribution in [0.5, 0.6) is 0 Å². The van der Waals surface area contributed by atoms with Crippen molar-refractivity contribution >= 4 is 28.0 Å². The molecule has 1 aliphatic carbocycles. The first kappa shape index (κ1) is 21.9. The monoisotopic (exact) mass is 467 g/mol.